The fraction of sp³-hybridized carbons (Fsp3) is 1.00. The van der Waals surface area contributed by atoms with Gasteiger partial charge in [0, 0.05) is 0 Å². The van der Waals surface area contributed by atoms with E-state index in [0.29, 0.717) is 0 Å². The maximum absolute atomic E-state index is 2.29. The molecule has 0 aromatic carbocycles. The molecule has 0 saturated carbocycles. The Bertz CT molecular complexity index is 174. The van der Waals surface area contributed by atoms with Gasteiger partial charge in [-0.2, -0.15) is 0 Å². The molecule has 0 spiro atoms. The smallest absolute Gasteiger partial charge is 0.0471 e. The van der Waals surface area contributed by atoms with Gasteiger partial charge in [0.15, 0.2) is 0 Å². The van der Waals surface area contributed by atoms with Crippen LogP contribution >= 0.6 is 0 Å². The molecule has 0 bridgehead atoms. The van der Waals surface area contributed by atoms with E-state index in [1.807, 2.05) is 0 Å². The molecule has 0 nitrogen and oxygen atoms in total. The summed E-state index contributed by atoms with van der Waals surface area (Å²) in [5.74, 6) is 3.58. The predicted molar refractivity (Wildman–Crippen MR) is 164 cm³/mol. The van der Waals surface area contributed by atoms with Crippen LogP contribution < -0.4 is 0 Å². The van der Waals surface area contributed by atoms with Crippen LogP contribution in [0.25, 0.3) is 0 Å². The van der Waals surface area contributed by atoms with Gasteiger partial charge in [-0.25, -0.2) is 0 Å². The van der Waals surface area contributed by atoms with E-state index in [1.54, 1.807) is 0 Å². The minimum Gasteiger partial charge on any atom is -0.0776 e. The van der Waals surface area contributed by atoms with Gasteiger partial charge >= 0.3 is 0 Å². The van der Waals surface area contributed by atoms with Gasteiger partial charge in [-0.15, -0.1) is 0 Å². The molecule has 0 saturated heterocycles. The van der Waals surface area contributed by atoms with Crippen LogP contribution in [0.15, 0.2) is 0 Å². The Kier molecular flexibility index (Phi) is 88.0. The van der Waals surface area contributed by atoms with Gasteiger partial charge in [-0.05, 0) is 23.7 Å². The van der Waals surface area contributed by atoms with Crippen molar-refractivity contribution < 1.29 is 0 Å². The lowest BCUT2D eigenvalue weighted by atomic mass is 10.0. The Morgan fingerprint density at radius 2 is 0.500 bits per heavy atom. The normalized spacial score (nSPS) is 8.81. The number of unbranched alkanes of at least 4 members (excludes halogenated alkanes) is 2. The quantitative estimate of drug-likeness (QED) is 0.301. The summed E-state index contributed by atoms with van der Waals surface area (Å²) in [4.78, 5) is 0. The SMILES string of the molecule is C.C.C.CC(C)CCCC(C)C.CCCC.CCCC.CCCC(C)C.CCCC(C)C. The first-order valence-electron chi connectivity index (χ1n) is 13.5. The highest BCUT2D eigenvalue weighted by atomic mass is 14.0. The molecule has 0 fully saturated rings. The van der Waals surface area contributed by atoms with Crippen LogP contribution in [-0.4, -0.2) is 0 Å². The molecule has 0 rings (SSSR count). The van der Waals surface area contributed by atoms with Crippen molar-refractivity contribution in [2.75, 3.05) is 0 Å². The second kappa shape index (κ2) is 52.7. The lowest BCUT2D eigenvalue weighted by Crippen LogP contribution is -1.90. The van der Waals surface area contributed by atoms with Crippen LogP contribution in [0, 0.1) is 23.7 Å². The third kappa shape index (κ3) is 129. The van der Waals surface area contributed by atoms with E-state index in [1.165, 1.54) is 70.6 Å². The Hall–Kier alpha value is 0. The van der Waals surface area contributed by atoms with Gasteiger partial charge in [0.2, 0.25) is 0 Å². The standard InChI is InChI=1S/C9H20.2C6H14.2C4H10.3CH4/c1-8(2)6-5-7-9(3)4;2*1-4-5-6(2)3;2*1-3-4-2;;;/h8-9H,5-7H2,1-4H3;2*6H,4-5H2,1-3H3;2*3-4H2,1-2H3;3*1H4. The van der Waals surface area contributed by atoms with Crippen molar-refractivity contribution in [1.29, 1.82) is 0 Å². The number of hydrogen-bond donors (Lipinski definition) is 0. The molecule has 0 radical (unpaired) electrons. The van der Waals surface area contributed by atoms with Gasteiger partial charge in [-0.1, -0.05) is 190 Å². The van der Waals surface area contributed by atoms with Crippen LogP contribution in [0.1, 0.15) is 190 Å². The molecule has 0 aliphatic rings. The van der Waals surface area contributed by atoms with Gasteiger partial charge < -0.3 is 0 Å². The summed E-state index contributed by atoms with van der Waals surface area (Å²) in [7, 11) is 0. The van der Waals surface area contributed by atoms with E-state index in [-0.39, 0.29) is 22.3 Å². The van der Waals surface area contributed by atoms with Crippen LogP contribution in [-0.2, 0) is 0 Å². The molecule has 0 aliphatic heterocycles. The van der Waals surface area contributed by atoms with Gasteiger partial charge in [0.25, 0.3) is 0 Å². The topological polar surface area (TPSA) is 0 Å². The highest BCUT2D eigenvalue weighted by Crippen LogP contribution is 2.10. The molecule has 208 valence electrons. The summed E-state index contributed by atoms with van der Waals surface area (Å²) in [6, 6.07) is 0. The lowest BCUT2D eigenvalue weighted by Gasteiger charge is -2.05. The summed E-state index contributed by atoms with van der Waals surface area (Å²) in [5.41, 5.74) is 0. The minimum absolute atomic E-state index is 0. The molecular weight excluding hydrogens is 384 g/mol. The molecule has 0 amide bonds. The average Bonchev–Trinajstić information content (AvgIpc) is 2.62. The molecule has 0 N–H and O–H groups in total. The second-order valence-electron chi connectivity index (χ2n) is 10.1. The highest BCUT2D eigenvalue weighted by Gasteiger charge is 1.95. The molecule has 0 unspecified atom stereocenters. The first-order valence-corrected chi connectivity index (χ1v) is 13.5. The van der Waals surface area contributed by atoms with Crippen molar-refractivity contribution >= 4 is 0 Å². The number of hydrogen-bond acceptors (Lipinski definition) is 0. The molecular formula is C32H80. The average molecular weight is 465 g/mol. The molecule has 0 heterocycles. The fourth-order valence-corrected chi connectivity index (χ4v) is 2.09. The fourth-order valence-electron chi connectivity index (χ4n) is 2.09. The highest BCUT2D eigenvalue weighted by molar-refractivity contribution is 4.49. The second-order valence-corrected chi connectivity index (χ2v) is 10.1. The van der Waals surface area contributed by atoms with E-state index >= 15 is 0 Å². The van der Waals surface area contributed by atoms with E-state index in [2.05, 4.69) is 96.9 Å². The Balaban J connectivity index is -0.0000000379. The molecule has 0 aromatic heterocycles. The maximum atomic E-state index is 2.29. The van der Waals surface area contributed by atoms with E-state index in [0.717, 1.165) is 23.7 Å². The zero-order valence-electron chi connectivity index (χ0n) is 24.1. The maximum Gasteiger partial charge on any atom is -0.0471 e. The van der Waals surface area contributed by atoms with Gasteiger partial charge in [0.1, 0.15) is 0 Å². The van der Waals surface area contributed by atoms with E-state index in [9.17, 15) is 0 Å². The first kappa shape index (κ1) is 53.4. The first-order chi connectivity index (χ1) is 13.5. The van der Waals surface area contributed by atoms with Crippen molar-refractivity contribution in [3.05, 3.63) is 0 Å². The molecule has 0 heteroatoms. The minimum atomic E-state index is 0. The molecule has 0 aromatic rings. The summed E-state index contributed by atoms with van der Waals surface area (Å²) in [6.07, 6.45) is 14.9. The van der Waals surface area contributed by atoms with Crippen molar-refractivity contribution in [2.24, 2.45) is 23.7 Å². The Morgan fingerprint density at radius 3 is 0.562 bits per heavy atom. The largest absolute Gasteiger partial charge is 0.0776 e. The summed E-state index contributed by atoms with van der Waals surface area (Å²) in [6.45, 7) is 31.3. The van der Waals surface area contributed by atoms with Crippen LogP contribution in [0.5, 0.6) is 0 Å². The predicted octanol–water partition coefficient (Wildman–Crippen LogP) is 13.9. The van der Waals surface area contributed by atoms with Crippen molar-refractivity contribution in [3.63, 3.8) is 0 Å². The zero-order valence-corrected chi connectivity index (χ0v) is 24.1. The van der Waals surface area contributed by atoms with Gasteiger partial charge in [-0.3, -0.25) is 0 Å². The van der Waals surface area contributed by atoms with Crippen LogP contribution in [0.3, 0.4) is 0 Å². The van der Waals surface area contributed by atoms with E-state index < -0.39 is 0 Å². The third-order valence-corrected chi connectivity index (χ3v) is 4.29. The van der Waals surface area contributed by atoms with Crippen molar-refractivity contribution in [2.45, 2.75) is 190 Å². The Labute approximate surface area is 213 Å². The van der Waals surface area contributed by atoms with Crippen LogP contribution in [0.4, 0.5) is 0 Å². The van der Waals surface area contributed by atoms with E-state index in [4.69, 9.17) is 0 Å². The zero-order chi connectivity index (χ0) is 24.1. The molecule has 0 aliphatic carbocycles. The van der Waals surface area contributed by atoms with Gasteiger partial charge in [0.05, 0.1) is 0 Å². The molecule has 32 heavy (non-hydrogen) atoms. The lowest BCUT2D eigenvalue weighted by molar-refractivity contribution is 0.480. The summed E-state index contributed by atoms with van der Waals surface area (Å²) in [5, 5.41) is 0. The third-order valence-electron chi connectivity index (χ3n) is 4.29. The molecule has 0 atom stereocenters. The van der Waals surface area contributed by atoms with Crippen molar-refractivity contribution in [3.8, 4) is 0 Å². The van der Waals surface area contributed by atoms with Crippen molar-refractivity contribution in [1.82, 2.24) is 0 Å². The Morgan fingerprint density at radius 1 is 0.312 bits per heavy atom. The van der Waals surface area contributed by atoms with Crippen LogP contribution in [0.2, 0.25) is 0 Å². The number of rotatable bonds is 10. The summed E-state index contributed by atoms with van der Waals surface area (Å²) >= 11 is 0. The monoisotopic (exact) mass is 465 g/mol. The summed E-state index contributed by atoms with van der Waals surface area (Å²) < 4.78 is 0.